The maximum Gasteiger partial charge on any atom is 0.500 e. The van der Waals surface area contributed by atoms with Crippen molar-refractivity contribution in [2.75, 3.05) is 26.4 Å². The van der Waals surface area contributed by atoms with E-state index < -0.39 is 8.80 Å². The van der Waals surface area contributed by atoms with Gasteiger partial charge in [-0.2, -0.15) is 0 Å². The third-order valence-electron chi connectivity index (χ3n) is 2.39. The molecule has 0 atom stereocenters. The minimum absolute atomic E-state index is 0.165. The van der Waals surface area contributed by atoms with E-state index in [0.29, 0.717) is 13.0 Å². The van der Waals surface area contributed by atoms with Crippen LogP contribution in [0.25, 0.3) is 0 Å². The number of hydrogen-bond acceptors (Lipinski definition) is 4. The molecule has 0 bridgehead atoms. The summed E-state index contributed by atoms with van der Waals surface area (Å²) in [6.07, 6.45) is 3.84. The van der Waals surface area contributed by atoms with Crippen molar-refractivity contribution in [3.63, 3.8) is 0 Å². The van der Waals surface area contributed by atoms with Gasteiger partial charge in [-0.25, -0.2) is 0 Å². The molecule has 1 heterocycles. The zero-order valence-corrected chi connectivity index (χ0v) is 10.5. The number of hydrogen-bond donors (Lipinski definition) is 1. The summed E-state index contributed by atoms with van der Waals surface area (Å²) in [5, 5.41) is 8.71. The highest BCUT2D eigenvalue weighted by molar-refractivity contribution is 6.60. The normalized spacial score (nSPS) is 20.4. The fourth-order valence-corrected chi connectivity index (χ4v) is 4.38. The molecule has 0 aliphatic carbocycles. The number of aliphatic hydroxyl groups is 1. The molecule has 0 spiro atoms. The zero-order chi connectivity index (χ0) is 11.0. The van der Waals surface area contributed by atoms with Crippen molar-refractivity contribution in [1.82, 2.24) is 0 Å². The standard InChI is InChI=1S/C10H22O4Si/c1-2-3-10-15(12-7-4-6-11)13-8-5-9-14-15/h11H,2-10H2,1H3. The number of rotatable bonds is 7. The predicted molar refractivity (Wildman–Crippen MR) is 59.6 cm³/mol. The van der Waals surface area contributed by atoms with Crippen LogP contribution in [0.15, 0.2) is 0 Å². The van der Waals surface area contributed by atoms with E-state index in [2.05, 4.69) is 6.92 Å². The summed E-state index contributed by atoms with van der Waals surface area (Å²) in [6, 6.07) is 0.912. The molecule has 90 valence electrons. The minimum atomic E-state index is -2.35. The Balaban J connectivity index is 2.35. The molecule has 5 heteroatoms. The van der Waals surface area contributed by atoms with E-state index in [-0.39, 0.29) is 6.61 Å². The molecule has 1 rings (SSSR count). The predicted octanol–water partition coefficient (Wildman–Crippen LogP) is 1.56. The van der Waals surface area contributed by atoms with Crippen LogP contribution in [0, 0.1) is 0 Å². The van der Waals surface area contributed by atoms with Gasteiger partial charge in [-0.3, -0.25) is 0 Å². The molecular formula is C10H22O4Si. The Kier molecular flexibility index (Phi) is 6.43. The van der Waals surface area contributed by atoms with E-state index >= 15 is 0 Å². The molecule has 1 fully saturated rings. The maximum atomic E-state index is 8.71. The fraction of sp³-hybridized carbons (Fsp3) is 1.00. The van der Waals surface area contributed by atoms with Crippen LogP contribution in [0.4, 0.5) is 0 Å². The summed E-state index contributed by atoms with van der Waals surface area (Å²) in [5.74, 6) is 0. The quantitative estimate of drug-likeness (QED) is 0.536. The molecule has 0 aromatic heterocycles. The largest absolute Gasteiger partial charge is 0.500 e. The van der Waals surface area contributed by atoms with Gasteiger partial charge in [0.1, 0.15) is 0 Å². The van der Waals surface area contributed by atoms with E-state index in [1.807, 2.05) is 0 Å². The van der Waals surface area contributed by atoms with E-state index in [4.69, 9.17) is 18.4 Å². The Labute approximate surface area is 92.9 Å². The second-order valence-corrected chi connectivity index (χ2v) is 6.49. The van der Waals surface area contributed by atoms with Gasteiger partial charge in [0, 0.05) is 32.5 Å². The third kappa shape index (κ3) is 4.61. The van der Waals surface area contributed by atoms with Crippen LogP contribution < -0.4 is 0 Å². The SMILES string of the molecule is CCCC[Si]1(OCCCO)OCCCO1. The van der Waals surface area contributed by atoms with Gasteiger partial charge in [0.05, 0.1) is 0 Å². The minimum Gasteiger partial charge on any atom is -0.396 e. The van der Waals surface area contributed by atoms with Gasteiger partial charge in [0.25, 0.3) is 0 Å². The van der Waals surface area contributed by atoms with Gasteiger partial charge in [0.15, 0.2) is 0 Å². The van der Waals surface area contributed by atoms with Gasteiger partial charge in [-0.1, -0.05) is 13.3 Å². The average molecular weight is 234 g/mol. The van der Waals surface area contributed by atoms with Gasteiger partial charge >= 0.3 is 8.80 Å². The summed E-state index contributed by atoms with van der Waals surface area (Å²) in [6.45, 7) is 4.38. The third-order valence-corrected chi connectivity index (χ3v) is 5.29. The Morgan fingerprint density at radius 3 is 2.60 bits per heavy atom. The topological polar surface area (TPSA) is 47.9 Å². The molecule has 0 unspecified atom stereocenters. The molecule has 4 nitrogen and oxygen atoms in total. The van der Waals surface area contributed by atoms with Gasteiger partial charge in [-0.05, 0) is 19.3 Å². The number of unbranched alkanes of at least 4 members (excludes halogenated alkanes) is 1. The molecule has 1 aliphatic rings. The van der Waals surface area contributed by atoms with Crippen molar-refractivity contribution in [3.05, 3.63) is 0 Å². The van der Waals surface area contributed by atoms with E-state index in [1.54, 1.807) is 0 Å². The van der Waals surface area contributed by atoms with E-state index in [0.717, 1.165) is 38.5 Å². The van der Waals surface area contributed by atoms with E-state index in [1.165, 1.54) is 0 Å². The van der Waals surface area contributed by atoms with Crippen molar-refractivity contribution >= 4 is 8.80 Å². The van der Waals surface area contributed by atoms with Crippen LogP contribution in [0.1, 0.15) is 32.6 Å². The van der Waals surface area contributed by atoms with Crippen LogP contribution >= 0.6 is 0 Å². The second kappa shape index (κ2) is 7.35. The highest BCUT2D eigenvalue weighted by Gasteiger charge is 2.42. The molecule has 15 heavy (non-hydrogen) atoms. The first kappa shape index (κ1) is 13.1. The number of aliphatic hydroxyl groups excluding tert-OH is 1. The lowest BCUT2D eigenvalue weighted by Gasteiger charge is -2.33. The summed E-state index contributed by atoms with van der Waals surface area (Å²) in [7, 11) is -2.35. The van der Waals surface area contributed by atoms with Crippen LogP contribution in [-0.4, -0.2) is 40.3 Å². The molecular weight excluding hydrogens is 212 g/mol. The highest BCUT2D eigenvalue weighted by Crippen LogP contribution is 2.22. The average Bonchev–Trinajstić information content (AvgIpc) is 2.28. The first-order valence-electron chi connectivity index (χ1n) is 5.86. The molecule has 0 aromatic carbocycles. The molecule has 0 radical (unpaired) electrons. The molecule has 0 amide bonds. The Morgan fingerprint density at radius 1 is 1.27 bits per heavy atom. The van der Waals surface area contributed by atoms with Crippen LogP contribution in [0.3, 0.4) is 0 Å². The van der Waals surface area contributed by atoms with Crippen molar-refractivity contribution in [2.45, 2.75) is 38.7 Å². The summed E-state index contributed by atoms with van der Waals surface area (Å²) < 4.78 is 17.2. The first-order chi connectivity index (χ1) is 7.33. The van der Waals surface area contributed by atoms with Crippen LogP contribution in [-0.2, 0) is 13.3 Å². The highest BCUT2D eigenvalue weighted by atomic mass is 28.4. The zero-order valence-electron chi connectivity index (χ0n) is 9.54. The maximum absolute atomic E-state index is 8.71. The van der Waals surface area contributed by atoms with Crippen LogP contribution in [0.2, 0.25) is 6.04 Å². The molecule has 0 saturated carbocycles. The summed E-state index contributed by atoms with van der Waals surface area (Å²) >= 11 is 0. The van der Waals surface area contributed by atoms with Gasteiger partial charge in [0.2, 0.25) is 0 Å². The Hall–Kier alpha value is 0.0569. The summed E-state index contributed by atoms with van der Waals surface area (Å²) in [5.41, 5.74) is 0. The molecule has 1 aliphatic heterocycles. The summed E-state index contributed by atoms with van der Waals surface area (Å²) in [4.78, 5) is 0. The lowest BCUT2D eigenvalue weighted by atomic mass is 10.4. The lowest BCUT2D eigenvalue weighted by molar-refractivity contribution is 0.0189. The van der Waals surface area contributed by atoms with Crippen molar-refractivity contribution in [3.8, 4) is 0 Å². The monoisotopic (exact) mass is 234 g/mol. The van der Waals surface area contributed by atoms with Crippen molar-refractivity contribution in [2.24, 2.45) is 0 Å². The van der Waals surface area contributed by atoms with Crippen molar-refractivity contribution < 1.29 is 18.4 Å². The lowest BCUT2D eigenvalue weighted by Crippen LogP contribution is -2.49. The Morgan fingerprint density at radius 2 is 2.00 bits per heavy atom. The van der Waals surface area contributed by atoms with Gasteiger partial charge in [-0.15, -0.1) is 0 Å². The van der Waals surface area contributed by atoms with Crippen molar-refractivity contribution in [1.29, 1.82) is 0 Å². The Bertz CT molecular complexity index is 160. The molecule has 1 N–H and O–H groups in total. The van der Waals surface area contributed by atoms with Crippen LogP contribution in [0.5, 0.6) is 0 Å². The second-order valence-electron chi connectivity index (χ2n) is 3.76. The molecule has 1 saturated heterocycles. The van der Waals surface area contributed by atoms with Gasteiger partial charge < -0.3 is 18.4 Å². The first-order valence-corrected chi connectivity index (χ1v) is 7.79. The molecule has 0 aromatic rings. The fourth-order valence-electron chi connectivity index (χ4n) is 1.54. The smallest absolute Gasteiger partial charge is 0.396 e. The van der Waals surface area contributed by atoms with E-state index in [9.17, 15) is 0 Å².